The fourth-order valence-corrected chi connectivity index (χ4v) is 4.76. The van der Waals surface area contributed by atoms with E-state index in [9.17, 15) is 9.18 Å². The standard InChI is InChI=1S/C26H30FN7O/c1-17(2)15-22(35)33-14-7-3-4-12-21(33)24-29-25(31-30-24)23-19-10-8-13-28-26(19)34(32-23)16-18-9-5-6-11-20(18)27/h5-6,8-11,13,17,21H,3-4,7,12,14-16H2,1-2H3,(H,29,30,31). The van der Waals surface area contributed by atoms with Gasteiger partial charge in [-0.1, -0.05) is 44.9 Å². The number of nitrogens with zero attached hydrogens (tertiary/aromatic N) is 6. The molecule has 1 aliphatic rings. The molecule has 0 saturated carbocycles. The van der Waals surface area contributed by atoms with Gasteiger partial charge in [0.25, 0.3) is 0 Å². The molecule has 1 unspecified atom stereocenters. The first-order chi connectivity index (χ1) is 17.0. The van der Waals surface area contributed by atoms with E-state index in [4.69, 9.17) is 10.1 Å². The number of rotatable bonds is 6. The largest absolute Gasteiger partial charge is 0.332 e. The summed E-state index contributed by atoms with van der Waals surface area (Å²) < 4.78 is 16.0. The zero-order valence-corrected chi connectivity index (χ0v) is 20.1. The first kappa shape index (κ1) is 23.1. The van der Waals surface area contributed by atoms with Gasteiger partial charge in [0, 0.05) is 24.7 Å². The molecule has 8 nitrogen and oxygen atoms in total. The van der Waals surface area contributed by atoms with Gasteiger partial charge in [0.1, 0.15) is 17.3 Å². The second kappa shape index (κ2) is 9.93. The monoisotopic (exact) mass is 475 g/mol. The van der Waals surface area contributed by atoms with E-state index in [1.807, 2.05) is 17.0 Å². The summed E-state index contributed by atoms with van der Waals surface area (Å²) in [6.45, 7) is 5.11. The van der Waals surface area contributed by atoms with Gasteiger partial charge in [-0.2, -0.15) is 10.2 Å². The number of hydrogen-bond acceptors (Lipinski definition) is 5. The highest BCUT2D eigenvalue weighted by Crippen LogP contribution is 2.31. The van der Waals surface area contributed by atoms with Gasteiger partial charge in [-0.25, -0.2) is 19.0 Å². The molecule has 4 heterocycles. The van der Waals surface area contributed by atoms with E-state index >= 15 is 0 Å². The van der Waals surface area contributed by atoms with Crippen LogP contribution >= 0.6 is 0 Å². The zero-order chi connectivity index (χ0) is 24.4. The number of carbonyl (C=O) groups is 1. The van der Waals surface area contributed by atoms with Gasteiger partial charge in [-0.05, 0) is 37.0 Å². The minimum absolute atomic E-state index is 0.130. The summed E-state index contributed by atoms with van der Waals surface area (Å²) in [5, 5.41) is 13.1. The van der Waals surface area contributed by atoms with Crippen molar-refractivity contribution >= 4 is 16.9 Å². The maximum Gasteiger partial charge on any atom is 0.223 e. The van der Waals surface area contributed by atoms with Crippen molar-refractivity contribution in [2.45, 2.75) is 58.5 Å². The summed E-state index contributed by atoms with van der Waals surface area (Å²) in [5.41, 5.74) is 1.75. The number of carbonyl (C=O) groups excluding carboxylic acids is 1. The molecule has 0 aliphatic carbocycles. The summed E-state index contributed by atoms with van der Waals surface area (Å²) in [7, 11) is 0. The molecule has 1 saturated heterocycles. The van der Waals surface area contributed by atoms with Crippen LogP contribution in [0.4, 0.5) is 4.39 Å². The second-order valence-electron chi connectivity index (χ2n) is 9.57. The number of H-pyrrole nitrogens is 1. The van der Waals surface area contributed by atoms with Crippen molar-refractivity contribution in [2.24, 2.45) is 5.92 Å². The molecule has 1 amide bonds. The van der Waals surface area contributed by atoms with E-state index in [-0.39, 0.29) is 24.3 Å². The van der Waals surface area contributed by atoms with Crippen LogP contribution in [0.3, 0.4) is 0 Å². The Hall–Kier alpha value is -3.62. The fraction of sp³-hybridized carbons (Fsp3) is 0.423. The molecule has 1 aromatic carbocycles. The van der Waals surface area contributed by atoms with Crippen LogP contribution in [0.1, 0.15) is 63.4 Å². The molecule has 35 heavy (non-hydrogen) atoms. The molecule has 1 N–H and O–H groups in total. The molecule has 5 rings (SSSR count). The summed E-state index contributed by atoms with van der Waals surface area (Å²) in [6.07, 6.45) is 6.20. The third-order valence-corrected chi connectivity index (χ3v) is 6.47. The van der Waals surface area contributed by atoms with E-state index < -0.39 is 0 Å². The highest BCUT2D eigenvalue weighted by Gasteiger charge is 2.30. The Morgan fingerprint density at radius 3 is 2.86 bits per heavy atom. The summed E-state index contributed by atoms with van der Waals surface area (Å²) in [4.78, 5) is 24.3. The zero-order valence-electron chi connectivity index (χ0n) is 20.1. The maximum atomic E-state index is 14.3. The van der Waals surface area contributed by atoms with Gasteiger partial charge in [0.2, 0.25) is 11.7 Å². The quantitative estimate of drug-likeness (QED) is 0.428. The van der Waals surface area contributed by atoms with Gasteiger partial charge in [0.15, 0.2) is 5.65 Å². The molecule has 1 atom stereocenters. The van der Waals surface area contributed by atoms with Gasteiger partial charge >= 0.3 is 0 Å². The number of aromatic amines is 1. The number of amides is 1. The number of likely N-dealkylation sites (tertiary alicyclic amines) is 1. The molecule has 1 fully saturated rings. The van der Waals surface area contributed by atoms with Crippen molar-refractivity contribution < 1.29 is 9.18 Å². The van der Waals surface area contributed by atoms with Crippen molar-refractivity contribution in [2.75, 3.05) is 6.54 Å². The highest BCUT2D eigenvalue weighted by molar-refractivity contribution is 5.89. The molecule has 182 valence electrons. The predicted octanol–water partition coefficient (Wildman–Crippen LogP) is 4.89. The lowest BCUT2D eigenvalue weighted by Crippen LogP contribution is -2.36. The van der Waals surface area contributed by atoms with Crippen molar-refractivity contribution in [3.8, 4) is 11.5 Å². The van der Waals surface area contributed by atoms with E-state index in [0.717, 1.165) is 37.6 Å². The van der Waals surface area contributed by atoms with E-state index in [1.54, 1.807) is 29.1 Å². The van der Waals surface area contributed by atoms with Crippen LogP contribution in [0.2, 0.25) is 0 Å². The second-order valence-corrected chi connectivity index (χ2v) is 9.57. The number of pyridine rings is 1. The van der Waals surface area contributed by atoms with Gasteiger partial charge in [-0.3, -0.25) is 9.89 Å². The predicted molar refractivity (Wildman–Crippen MR) is 131 cm³/mol. The molecular formula is C26H30FN7O. The molecule has 1 aliphatic heterocycles. The minimum atomic E-state index is -0.284. The number of aromatic nitrogens is 6. The van der Waals surface area contributed by atoms with Crippen LogP contribution in [0, 0.1) is 11.7 Å². The first-order valence-corrected chi connectivity index (χ1v) is 12.3. The molecule has 0 spiro atoms. The van der Waals surface area contributed by atoms with Crippen molar-refractivity contribution in [1.82, 2.24) is 34.8 Å². The Morgan fingerprint density at radius 1 is 1.17 bits per heavy atom. The smallest absolute Gasteiger partial charge is 0.223 e. The number of fused-ring (bicyclic) bond motifs is 1. The van der Waals surface area contributed by atoms with Crippen LogP contribution in [0.5, 0.6) is 0 Å². The number of benzene rings is 1. The van der Waals surface area contributed by atoms with Gasteiger partial charge in [0.05, 0.1) is 18.0 Å². The van der Waals surface area contributed by atoms with Crippen LogP contribution in [-0.4, -0.2) is 47.3 Å². The highest BCUT2D eigenvalue weighted by atomic mass is 19.1. The number of halogens is 1. The Bertz CT molecular complexity index is 1330. The van der Waals surface area contributed by atoms with Crippen molar-refractivity contribution in [3.05, 3.63) is 59.8 Å². The number of nitrogens with one attached hydrogen (secondary N) is 1. The van der Waals surface area contributed by atoms with Gasteiger partial charge in [-0.15, -0.1) is 0 Å². The normalized spacial score (nSPS) is 16.7. The van der Waals surface area contributed by atoms with E-state index in [2.05, 4.69) is 29.0 Å². The average molecular weight is 476 g/mol. The number of hydrogen-bond donors (Lipinski definition) is 1. The van der Waals surface area contributed by atoms with Gasteiger partial charge < -0.3 is 4.90 Å². The minimum Gasteiger partial charge on any atom is -0.332 e. The Balaban J connectivity index is 1.49. The summed E-state index contributed by atoms with van der Waals surface area (Å²) >= 11 is 0. The Kier molecular flexibility index (Phi) is 6.57. The lowest BCUT2D eigenvalue weighted by molar-refractivity contribution is -0.134. The molecule has 3 aromatic heterocycles. The van der Waals surface area contributed by atoms with Crippen LogP contribution in [-0.2, 0) is 11.3 Å². The van der Waals surface area contributed by atoms with Crippen molar-refractivity contribution in [3.63, 3.8) is 0 Å². The van der Waals surface area contributed by atoms with E-state index in [1.165, 1.54) is 6.07 Å². The van der Waals surface area contributed by atoms with Crippen LogP contribution < -0.4 is 0 Å². The van der Waals surface area contributed by atoms with Crippen LogP contribution in [0.25, 0.3) is 22.6 Å². The SMILES string of the molecule is CC(C)CC(=O)N1CCCCCC1c1nc(-c2nn(Cc3ccccc3F)c3ncccc23)n[nH]1. The topological polar surface area (TPSA) is 92.6 Å². The Labute approximate surface area is 203 Å². The lowest BCUT2D eigenvalue weighted by atomic mass is 10.1. The maximum absolute atomic E-state index is 14.3. The molecule has 0 bridgehead atoms. The molecule has 0 radical (unpaired) electrons. The Morgan fingerprint density at radius 2 is 2.03 bits per heavy atom. The average Bonchev–Trinajstić information content (AvgIpc) is 3.38. The summed E-state index contributed by atoms with van der Waals surface area (Å²) in [5.74, 6) is 1.31. The molecule has 9 heteroatoms. The summed E-state index contributed by atoms with van der Waals surface area (Å²) in [6, 6.07) is 10.3. The molecule has 4 aromatic rings. The van der Waals surface area contributed by atoms with Crippen LogP contribution in [0.15, 0.2) is 42.6 Å². The van der Waals surface area contributed by atoms with E-state index in [0.29, 0.717) is 40.9 Å². The third kappa shape index (κ3) is 4.80. The first-order valence-electron chi connectivity index (χ1n) is 12.3. The lowest BCUT2D eigenvalue weighted by Gasteiger charge is -2.29. The fourth-order valence-electron chi connectivity index (χ4n) is 4.76. The molecular weight excluding hydrogens is 445 g/mol. The third-order valence-electron chi connectivity index (χ3n) is 6.47. The van der Waals surface area contributed by atoms with Crippen molar-refractivity contribution in [1.29, 1.82) is 0 Å².